The number of pyridine rings is 1. The van der Waals surface area contributed by atoms with Crippen molar-refractivity contribution in [2.24, 2.45) is 0 Å². The highest BCUT2D eigenvalue weighted by Crippen LogP contribution is 2.30. The lowest BCUT2D eigenvalue weighted by Gasteiger charge is -2.13. The number of fused-ring (bicyclic) bond motifs is 1. The van der Waals surface area contributed by atoms with E-state index in [0.717, 1.165) is 27.1 Å². The van der Waals surface area contributed by atoms with E-state index >= 15 is 0 Å². The quantitative estimate of drug-likeness (QED) is 0.663. The van der Waals surface area contributed by atoms with Gasteiger partial charge in [0.1, 0.15) is 5.02 Å². The van der Waals surface area contributed by atoms with Crippen LogP contribution in [0.2, 0.25) is 5.02 Å². The Labute approximate surface area is 134 Å². The first-order valence-electron chi connectivity index (χ1n) is 6.80. The SMILES string of the molecule is O=c1c(Cl)cc(C(F)(F)F)cn1Cc1cccc2ccccc12. The summed E-state index contributed by atoms with van der Waals surface area (Å²) in [5, 5.41) is 1.40. The highest BCUT2D eigenvalue weighted by molar-refractivity contribution is 6.30. The molecule has 1 aromatic heterocycles. The number of benzene rings is 2. The van der Waals surface area contributed by atoms with Gasteiger partial charge in [-0.05, 0) is 22.4 Å². The molecule has 0 unspecified atom stereocenters. The molecule has 0 amide bonds. The standard InChI is InChI=1S/C17H11ClF3NO/c18-15-8-13(17(19,20)21)10-22(16(15)23)9-12-6-3-5-11-4-1-2-7-14(11)12/h1-8,10H,9H2. The van der Waals surface area contributed by atoms with E-state index in [-0.39, 0.29) is 6.54 Å². The van der Waals surface area contributed by atoms with Gasteiger partial charge in [0.05, 0.1) is 12.1 Å². The van der Waals surface area contributed by atoms with Crippen molar-refractivity contribution in [3.63, 3.8) is 0 Å². The maximum Gasteiger partial charge on any atom is 0.417 e. The molecule has 0 fully saturated rings. The zero-order valence-electron chi connectivity index (χ0n) is 11.8. The Morgan fingerprint density at radius 1 is 1.04 bits per heavy atom. The average Bonchev–Trinajstić information content (AvgIpc) is 2.51. The van der Waals surface area contributed by atoms with Crippen molar-refractivity contribution in [1.82, 2.24) is 4.57 Å². The Bertz CT molecular complexity index is 926. The highest BCUT2D eigenvalue weighted by atomic mass is 35.5. The van der Waals surface area contributed by atoms with Gasteiger partial charge in [0.25, 0.3) is 5.56 Å². The minimum atomic E-state index is -4.56. The summed E-state index contributed by atoms with van der Waals surface area (Å²) in [6.45, 7) is 0.0177. The Balaban J connectivity index is 2.12. The fourth-order valence-electron chi connectivity index (χ4n) is 2.49. The molecule has 0 spiro atoms. The number of hydrogen-bond donors (Lipinski definition) is 0. The molecule has 0 saturated heterocycles. The van der Waals surface area contributed by atoms with Crippen LogP contribution in [-0.2, 0) is 12.7 Å². The number of rotatable bonds is 2. The maximum atomic E-state index is 12.9. The van der Waals surface area contributed by atoms with Gasteiger partial charge >= 0.3 is 6.18 Å². The van der Waals surface area contributed by atoms with E-state index in [0.29, 0.717) is 6.07 Å². The molecule has 6 heteroatoms. The number of hydrogen-bond acceptors (Lipinski definition) is 1. The Kier molecular flexibility index (Phi) is 3.90. The van der Waals surface area contributed by atoms with Crippen LogP contribution in [0.15, 0.2) is 59.5 Å². The predicted molar refractivity (Wildman–Crippen MR) is 83.8 cm³/mol. The normalized spacial score (nSPS) is 11.8. The van der Waals surface area contributed by atoms with E-state index in [4.69, 9.17) is 11.6 Å². The van der Waals surface area contributed by atoms with Crippen molar-refractivity contribution in [2.75, 3.05) is 0 Å². The van der Waals surface area contributed by atoms with Crippen LogP contribution in [0.5, 0.6) is 0 Å². The zero-order chi connectivity index (χ0) is 16.6. The molecular formula is C17H11ClF3NO. The van der Waals surface area contributed by atoms with Crippen molar-refractivity contribution in [2.45, 2.75) is 12.7 Å². The minimum absolute atomic E-state index is 0.0177. The van der Waals surface area contributed by atoms with E-state index in [1.165, 1.54) is 0 Å². The second kappa shape index (κ2) is 5.74. The number of aromatic nitrogens is 1. The molecule has 23 heavy (non-hydrogen) atoms. The van der Waals surface area contributed by atoms with Crippen molar-refractivity contribution >= 4 is 22.4 Å². The monoisotopic (exact) mass is 337 g/mol. The summed E-state index contributed by atoms with van der Waals surface area (Å²) in [5.41, 5.74) is -0.837. The molecule has 1 heterocycles. The van der Waals surface area contributed by atoms with Gasteiger partial charge < -0.3 is 4.57 Å². The molecule has 0 aliphatic heterocycles. The number of halogens is 4. The summed E-state index contributed by atoms with van der Waals surface area (Å²) < 4.78 is 39.7. The van der Waals surface area contributed by atoms with Gasteiger partial charge in [0.2, 0.25) is 0 Å². The molecule has 0 radical (unpaired) electrons. The lowest BCUT2D eigenvalue weighted by molar-refractivity contribution is -0.138. The largest absolute Gasteiger partial charge is 0.417 e. The molecule has 0 N–H and O–H groups in total. The smallest absolute Gasteiger partial charge is 0.309 e. The van der Waals surface area contributed by atoms with Gasteiger partial charge in [0, 0.05) is 6.20 Å². The summed E-state index contributed by atoms with van der Waals surface area (Å²) in [4.78, 5) is 12.1. The lowest BCUT2D eigenvalue weighted by Crippen LogP contribution is -2.23. The first-order valence-corrected chi connectivity index (χ1v) is 7.18. The third-order valence-corrected chi connectivity index (χ3v) is 3.86. The van der Waals surface area contributed by atoms with Crippen LogP contribution in [0, 0.1) is 0 Å². The van der Waals surface area contributed by atoms with Crippen LogP contribution in [0.4, 0.5) is 13.2 Å². The maximum absolute atomic E-state index is 12.9. The Morgan fingerprint density at radius 2 is 1.74 bits per heavy atom. The first kappa shape index (κ1) is 15.6. The average molecular weight is 338 g/mol. The van der Waals surface area contributed by atoms with Crippen molar-refractivity contribution in [3.05, 3.63) is 81.2 Å². The van der Waals surface area contributed by atoms with Crippen molar-refractivity contribution < 1.29 is 13.2 Å². The molecule has 0 atom stereocenters. The van der Waals surface area contributed by atoms with Gasteiger partial charge in [-0.3, -0.25) is 4.79 Å². The molecule has 0 aliphatic rings. The van der Waals surface area contributed by atoms with E-state index in [1.54, 1.807) is 12.1 Å². The molecule has 2 nitrogen and oxygen atoms in total. The summed E-state index contributed by atoms with van der Waals surface area (Å²) in [7, 11) is 0. The van der Waals surface area contributed by atoms with Crippen LogP contribution in [0.25, 0.3) is 10.8 Å². The molecule has 3 aromatic rings. The second-order valence-electron chi connectivity index (χ2n) is 5.15. The van der Waals surface area contributed by atoms with Crippen LogP contribution in [0.1, 0.15) is 11.1 Å². The van der Waals surface area contributed by atoms with Gasteiger partial charge in [-0.1, -0.05) is 54.1 Å². The predicted octanol–water partition coefficient (Wildman–Crippen LogP) is 4.72. The number of alkyl halides is 3. The van der Waals surface area contributed by atoms with Gasteiger partial charge in [-0.25, -0.2) is 0 Å². The summed E-state index contributed by atoms with van der Waals surface area (Å²) in [6, 6.07) is 13.6. The fraction of sp³-hybridized carbons (Fsp3) is 0.118. The van der Waals surface area contributed by atoms with Crippen LogP contribution in [0.3, 0.4) is 0 Å². The summed E-state index contributed by atoms with van der Waals surface area (Å²) >= 11 is 5.68. The first-order chi connectivity index (χ1) is 10.9. The summed E-state index contributed by atoms with van der Waals surface area (Å²) in [6.07, 6.45) is -3.76. The van der Waals surface area contributed by atoms with Crippen molar-refractivity contribution in [3.8, 4) is 0 Å². The number of nitrogens with zero attached hydrogens (tertiary/aromatic N) is 1. The molecule has 0 saturated carbocycles. The molecular weight excluding hydrogens is 327 g/mol. The fourth-order valence-corrected chi connectivity index (χ4v) is 2.71. The van der Waals surface area contributed by atoms with Gasteiger partial charge in [-0.15, -0.1) is 0 Å². The molecule has 118 valence electrons. The van der Waals surface area contributed by atoms with Gasteiger partial charge in [-0.2, -0.15) is 13.2 Å². The molecule has 2 aromatic carbocycles. The topological polar surface area (TPSA) is 22.0 Å². The Morgan fingerprint density at radius 3 is 2.48 bits per heavy atom. The van der Waals surface area contributed by atoms with Gasteiger partial charge in [0.15, 0.2) is 0 Å². The summed E-state index contributed by atoms with van der Waals surface area (Å²) in [5.74, 6) is 0. The second-order valence-corrected chi connectivity index (χ2v) is 5.55. The highest BCUT2D eigenvalue weighted by Gasteiger charge is 2.32. The lowest BCUT2D eigenvalue weighted by atomic mass is 10.0. The van der Waals surface area contributed by atoms with E-state index in [9.17, 15) is 18.0 Å². The molecule has 0 aliphatic carbocycles. The third kappa shape index (κ3) is 3.10. The van der Waals surface area contributed by atoms with E-state index in [2.05, 4.69) is 0 Å². The molecule has 3 rings (SSSR count). The van der Waals surface area contributed by atoms with E-state index in [1.807, 2.05) is 30.3 Å². The van der Waals surface area contributed by atoms with Crippen LogP contribution in [-0.4, -0.2) is 4.57 Å². The third-order valence-electron chi connectivity index (χ3n) is 3.59. The van der Waals surface area contributed by atoms with Crippen LogP contribution < -0.4 is 5.56 Å². The zero-order valence-corrected chi connectivity index (χ0v) is 12.5. The Hall–Kier alpha value is -2.27. The van der Waals surface area contributed by atoms with Crippen molar-refractivity contribution in [1.29, 1.82) is 0 Å². The minimum Gasteiger partial charge on any atom is -0.309 e. The van der Waals surface area contributed by atoms with E-state index < -0.39 is 22.3 Å². The van der Waals surface area contributed by atoms with Crippen LogP contribution >= 0.6 is 11.6 Å². The molecule has 0 bridgehead atoms.